The Kier molecular flexibility index (Phi) is 7.14. The van der Waals surface area contributed by atoms with Crippen LogP contribution in [0.2, 0.25) is 0 Å². The molecule has 0 bridgehead atoms. The van der Waals surface area contributed by atoms with Gasteiger partial charge in [-0.2, -0.15) is 0 Å². The summed E-state index contributed by atoms with van der Waals surface area (Å²) in [6, 6.07) is 8.44. The standard InChI is InChI=1S/C14H19FO5/c1-10(15)13(20-9-16)12(18-2)8-19-14(17)11-6-4-3-5-7-11/h3-7,10,12-13,16H,8-9H2,1-2H3/t10?,12-,13?/m1/s1. The average Bonchev–Trinajstić information content (AvgIpc) is 2.47. The highest BCUT2D eigenvalue weighted by atomic mass is 19.1. The number of hydrogen-bond acceptors (Lipinski definition) is 5. The van der Waals surface area contributed by atoms with E-state index >= 15 is 0 Å². The van der Waals surface area contributed by atoms with Crippen molar-refractivity contribution in [2.75, 3.05) is 20.5 Å². The molecule has 0 aliphatic carbocycles. The van der Waals surface area contributed by atoms with E-state index in [4.69, 9.17) is 19.3 Å². The molecule has 112 valence electrons. The van der Waals surface area contributed by atoms with Gasteiger partial charge in [-0.05, 0) is 19.1 Å². The molecule has 0 spiro atoms. The summed E-state index contributed by atoms with van der Waals surface area (Å²) in [5, 5.41) is 8.73. The van der Waals surface area contributed by atoms with Crippen molar-refractivity contribution in [3.63, 3.8) is 0 Å². The molecule has 0 radical (unpaired) electrons. The van der Waals surface area contributed by atoms with Gasteiger partial charge in [0.05, 0.1) is 5.56 Å². The van der Waals surface area contributed by atoms with E-state index in [2.05, 4.69) is 0 Å². The summed E-state index contributed by atoms with van der Waals surface area (Å²) in [7, 11) is 1.36. The summed E-state index contributed by atoms with van der Waals surface area (Å²) in [5.41, 5.74) is 0.398. The van der Waals surface area contributed by atoms with Crippen LogP contribution >= 0.6 is 0 Å². The molecule has 5 nitrogen and oxygen atoms in total. The van der Waals surface area contributed by atoms with E-state index in [9.17, 15) is 9.18 Å². The van der Waals surface area contributed by atoms with Crippen molar-refractivity contribution in [2.45, 2.75) is 25.3 Å². The first-order chi connectivity index (χ1) is 9.60. The van der Waals surface area contributed by atoms with Crippen molar-refractivity contribution in [1.82, 2.24) is 0 Å². The predicted molar refractivity (Wildman–Crippen MR) is 70.1 cm³/mol. The minimum Gasteiger partial charge on any atom is -0.459 e. The number of aliphatic hydroxyl groups excluding tert-OH is 1. The minimum absolute atomic E-state index is 0.164. The third-order valence-electron chi connectivity index (χ3n) is 2.78. The van der Waals surface area contributed by atoms with Crippen LogP contribution in [-0.2, 0) is 14.2 Å². The first-order valence-electron chi connectivity index (χ1n) is 6.21. The lowest BCUT2D eigenvalue weighted by atomic mass is 10.1. The van der Waals surface area contributed by atoms with Crippen LogP contribution in [0.15, 0.2) is 30.3 Å². The molecule has 1 aromatic carbocycles. The number of hydrogen-bond donors (Lipinski definition) is 1. The van der Waals surface area contributed by atoms with Crippen molar-refractivity contribution in [1.29, 1.82) is 0 Å². The highest BCUT2D eigenvalue weighted by Gasteiger charge is 2.29. The van der Waals surface area contributed by atoms with Gasteiger partial charge in [0.25, 0.3) is 0 Å². The van der Waals surface area contributed by atoms with Gasteiger partial charge in [0, 0.05) is 7.11 Å². The third-order valence-corrected chi connectivity index (χ3v) is 2.78. The number of esters is 1. The zero-order valence-electron chi connectivity index (χ0n) is 11.5. The van der Waals surface area contributed by atoms with Crippen molar-refractivity contribution < 1.29 is 28.5 Å². The molecule has 20 heavy (non-hydrogen) atoms. The Morgan fingerprint density at radius 3 is 2.50 bits per heavy atom. The Labute approximate surface area is 117 Å². The summed E-state index contributed by atoms with van der Waals surface area (Å²) in [6.45, 7) is 0.486. The number of aliphatic hydroxyl groups is 1. The quantitative estimate of drug-likeness (QED) is 0.580. The van der Waals surface area contributed by atoms with Gasteiger partial charge >= 0.3 is 5.97 Å². The maximum absolute atomic E-state index is 13.4. The Bertz CT molecular complexity index is 396. The second kappa shape index (κ2) is 8.63. The molecular weight excluding hydrogens is 267 g/mol. The van der Waals surface area contributed by atoms with Crippen LogP contribution in [0.3, 0.4) is 0 Å². The van der Waals surface area contributed by atoms with Gasteiger partial charge < -0.3 is 19.3 Å². The Morgan fingerprint density at radius 1 is 1.35 bits per heavy atom. The summed E-state index contributed by atoms with van der Waals surface area (Å²) in [6.07, 6.45) is -3.18. The molecule has 2 unspecified atom stereocenters. The molecule has 0 heterocycles. The number of ether oxygens (including phenoxy) is 3. The lowest BCUT2D eigenvalue weighted by Gasteiger charge is -2.26. The molecule has 0 saturated carbocycles. The summed E-state index contributed by atoms with van der Waals surface area (Å²) < 4.78 is 28.4. The molecule has 0 fully saturated rings. The largest absolute Gasteiger partial charge is 0.459 e. The second-order valence-corrected chi connectivity index (χ2v) is 4.18. The van der Waals surface area contributed by atoms with Gasteiger partial charge in [0.15, 0.2) is 0 Å². The second-order valence-electron chi connectivity index (χ2n) is 4.18. The van der Waals surface area contributed by atoms with Crippen LogP contribution in [0.5, 0.6) is 0 Å². The molecule has 6 heteroatoms. The van der Waals surface area contributed by atoms with E-state index in [-0.39, 0.29) is 6.61 Å². The highest BCUT2D eigenvalue weighted by molar-refractivity contribution is 5.89. The van der Waals surface area contributed by atoms with E-state index in [1.165, 1.54) is 14.0 Å². The first kappa shape index (κ1) is 16.6. The van der Waals surface area contributed by atoms with Gasteiger partial charge in [0.1, 0.15) is 31.8 Å². The Morgan fingerprint density at radius 2 is 2.00 bits per heavy atom. The van der Waals surface area contributed by atoms with Gasteiger partial charge in [-0.15, -0.1) is 0 Å². The molecule has 1 rings (SSSR count). The van der Waals surface area contributed by atoms with E-state index in [1.54, 1.807) is 30.3 Å². The Hall–Kier alpha value is -1.50. The van der Waals surface area contributed by atoms with Gasteiger partial charge in [0.2, 0.25) is 0 Å². The van der Waals surface area contributed by atoms with Gasteiger partial charge in [-0.3, -0.25) is 0 Å². The zero-order valence-corrected chi connectivity index (χ0v) is 11.5. The number of halogens is 1. The normalized spacial score (nSPS) is 15.4. The third kappa shape index (κ3) is 4.88. The van der Waals surface area contributed by atoms with Crippen LogP contribution in [0, 0.1) is 0 Å². The predicted octanol–water partition coefficient (Wildman–Crippen LogP) is 1.55. The highest BCUT2D eigenvalue weighted by Crippen LogP contribution is 2.13. The molecule has 1 N–H and O–H groups in total. The van der Waals surface area contributed by atoms with Crippen molar-refractivity contribution in [2.24, 2.45) is 0 Å². The van der Waals surface area contributed by atoms with E-state index in [0.29, 0.717) is 5.56 Å². The number of alkyl halides is 1. The molecule has 0 aliphatic rings. The molecule has 0 amide bonds. The Balaban J connectivity index is 2.58. The van der Waals surface area contributed by atoms with E-state index in [0.717, 1.165) is 0 Å². The fourth-order valence-electron chi connectivity index (χ4n) is 1.73. The lowest BCUT2D eigenvalue weighted by Crippen LogP contribution is -2.41. The molecule has 1 aromatic rings. The average molecular weight is 286 g/mol. The molecule has 0 aliphatic heterocycles. The number of rotatable bonds is 8. The SMILES string of the molecule is CO[C@H](COC(=O)c1ccccc1)C(OCO)C(C)F. The van der Waals surface area contributed by atoms with Crippen molar-refractivity contribution in [3.8, 4) is 0 Å². The lowest BCUT2D eigenvalue weighted by molar-refractivity contribution is -0.142. The van der Waals surface area contributed by atoms with Crippen LogP contribution in [-0.4, -0.2) is 50.0 Å². The molecular formula is C14H19FO5. The van der Waals surface area contributed by atoms with Crippen molar-refractivity contribution >= 4 is 5.97 Å². The van der Waals surface area contributed by atoms with E-state index < -0.39 is 31.1 Å². The molecule has 3 atom stereocenters. The number of carbonyl (C=O) groups is 1. The maximum Gasteiger partial charge on any atom is 0.338 e. The van der Waals surface area contributed by atoms with E-state index in [1.807, 2.05) is 0 Å². The number of carbonyl (C=O) groups excluding carboxylic acids is 1. The molecule has 0 aromatic heterocycles. The smallest absolute Gasteiger partial charge is 0.338 e. The first-order valence-corrected chi connectivity index (χ1v) is 6.21. The van der Waals surface area contributed by atoms with Crippen molar-refractivity contribution in [3.05, 3.63) is 35.9 Å². The monoisotopic (exact) mass is 286 g/mol. The van der Waals surface area contributed by atoms with Crippen LogP contribution in [0.25, 0.3) is 0 Å². The van der Waals surface area contributed by atoms with Crippen LogP contribution < -0.4 is 0 Å². The topological polar surface area (TPSA) is 65.0 Å². The fraction of sp³-hybridized carbons (Fsp3) is 0.500. The summed E-state index contributed by atoms with van der Waals surface area (Å²) >= 11 is 0. The molecule has 0 saturated heterocycles. The summed E-state index contributed by atoms with van der Waals surface area (Å²) in [5.74, 6) is -0.526. The maximum atomic E-state index is 13.4. The fourth-order valence-corrected chi connectivity index (χ4v) is 1.73. The zero-order chi connectivity index (χ0) is 15.0. The summed E-state index contributed by atoms with van der Waals surface area (Å²) in [4.78, 5) is 11.8. The van der Waals surface area contributed by atoms with Gasteiger partial charge in [-0.1, -0.05) is 18.2 Å². The number of methoxy groups -OCH3 is 1. The number of benzene rings is 1. The minimum atomic E-state index is -1.37. The van der Waals surface area contributed by atoms with Gasteiger partial charge in [-0.25, -0.2) is 9.18 Å². The van der Waals surface area contributed by atoms with Crippen LogP contribution in [0.4, 0.5) is 4.39 Å². The van der Waals surface area contributed by atoms with Crippen LogP contribution in [0.1, 0.15) is 17.3 Å².